The molecule has 1 aromatic carbocycles. The van der Waals surface area contributed by atoms with Gasteiger partial charge in [-0.05, 0) is 50.4 Å². The highest BCUT2D eigenvalue weighted by atomic mass is 35.5. The SMILES string of the molecule is CCOC(=O)[C@H]1CCCN(CC2=CC[C@@H](c3ccc(Cl)cc3Cl)[C@H]([N+](=O)[O-])C2)C1. The van der Waals surface area contributed by atoms with Gasteiger partial charge in [0.2, 0.25) is 6.04 Å². The summed E-state index contributed by atoms with van der Waals surface area (Å²) in [5.41, 5.74) is 1.82. The zero-order chi connectivity index (χ0) is 21.0. The molecule has 1 saturated heterocycles. The number of ether oxygens (including phenoxy) is 1. The van der Waals surface area contributed by atoms with Crippen LogP contribution in [-0.2, 0) is 9.53 Å². The first-order valence-electron chi connectivity index (χ1n) is 10.0. The van der Waals surface area contributed by atoms with Crippen LogP contribution < -0.4 is 0 Å². The monoisotopic (exact) mass is 440 g/mol. The Morgan fingerprint density at radius 3 is 2.86 bits per heavy atom. The number of nitrogens with zero attached hydrogens (tertiary/aromatic N) is 2. The molecule has 1 aliphatic carbocycles. The highest BCUT2D eigenvalue weighted by molar-refractivity contribution is 6.35. The maximum atomic E-state index is 12.1. The molecule has 0 radical (unpaired) electrons. The molecule has 0 bridgehead atoms. The summed E-state index contributed by atoms with van der Waals surface area (Å²) in [6, 6.07) is 4.43. The van der Waals surface area contributed by atoms with Gasteiger partial charge in [0.25, 0.3) is 0 Å². The van der Waals surface area contributed by atoms with Crippen molar-refractivity contribution in [2.75, 3.05) is 26.2 Å². The third-order valence-corrected chi connectivity index (χ3v) is 6.34. The van der Waals surface area contributed by atoms with E-state index in [0.29, 0.717) is 42.6 Å². The first-order valence-corrected chi connectivity index (χ1v) is 10.8. The highest BCUT2D eigenvalue weighted by Crippen LogP contribution is 2.38. The molecule has 2 aliphatic rings. The van der Waals surface area contributed by atoms with Gasteiger partial charge in [-0.15, -0.1) is 0 Å². The number of nitro groups is 1. The third-order valence-electron chi connectivity index (χ3n) is 5.78. The van der Waals surface area contributed by atoms with Crippen LogP contribution in [0.25, 0.3) is 0 Å². The average Bonchev–Trinajstić information content (AvgIpc) is 2.69. The average molecular weight is 441 g/mol. The second kappa shape index (κ2) is 9.92. The lowest BCUT2D eigenvalue weighted by Gasteiger charge is -2.34. The fraction of sp³-hybridized carbons (Fsp3) is 0.571. The van der Waals surface area contributed by atoms with Crippen molar-refractivity contribution < 1.29 is 14.5 Å². The minimum atomic E-state index is -0.723. The molecule has 1 aromatic rings. The normalized spacial score (nSPS) is 25.3. The van der Waals surface area contributed by atoms with Crippen LogP contribution in [0.2, 0.25) is 10.0 Å². The molecule has 1 aliphatic heterocycles. The summed E-state index contributed by atoms with van der Waals surface area (Å²) in [5.74, 6) is -0.526. The summed E-state index contributed by atoms with van der Waals surface area (Å²) in [4.78, 5) is 25.9. The molecule has 8 heteroatoms. The lowest BCUT2D eigenvalue weighted by Crippen LogP contribution is -2.41. The Morgan fingerprint density at radius 1 is 1.38 bits per heavy atom. The number of benzene rings is 1. The van der Waals surface area contributed by atoms with Crippen LogP contribution in [-0.4, -0.2) is 48.1 Å². The van der Waals surface area contributed by atoms with E-state index < -0.39 is 6.04 Å². The second-order valence-corrected chi connectivity index (χ2v) is 8.60. The third kappa shape index (κ3) is 5.50. The molecule has 0 aromatic heterocycles. The predicted octanol–water partition coefficient (Wildman–Crippen LogP) is 4.72. The maximum absolute atomic E-state index is 12.1. The molecule has 0 amide bonds. The Kier molecular flexibility index (Phi) is 7.55. The molecule has 3 atom stereocenters. The minimum Gasteiger partial charge on any atom is -0.466 e. The van der Waals surface area contributed by atoms with E-state index >= 15 is 0 Å². The van der Waals surface area contributed by atoms with Gasteiger partial charge in [-0.3, -0.25) is 19.8 Å². The Morgan fingerprint density at radius 2 is 2.17 bits per heavy atom. The van der Waals surface area contributed by atoms with Gasteiger partial charge in [0.05, 0.1) is 18.4 Å². The van der Waals surface area contributed by atoms with E-state index in [1.165, 1.54) is 0 Å². The Labute approximate surface area is 180 Å². The Hall–Kier alpha value is -1.63. The number of likely N-dealkylation sites (tertiary alicyclic amines) is 1. The van der Waals surface area contributed by atoms with Crippen LogP contribution in [0.15, 0.2) is 29.8 Å². The largest absolute Gasteiger partial charge is 0.466 e. The van der Waals surface area contributed by atoms with Gasteiger partial charge in [0.1, 0.15) is 0 Å². The van der Waals surface area contributed by atoms with Gasteiger partial charge in [-0.25, -0.2) is 0 Å². The summed E-state index contributed by atoms with van der Waals surface area (Å²) < 4.78 is 5.16. The van der Waals surface area contributed by atoms with Crippen molar-refractivity contribution in [2.45, 2.75) is 44.6 Å². The summed E-state index contributed by atoms with van der Waals surface area (Å²) in [7, 11) is 0. The molecular weight excluding hydrogens is 415 g/mol. The summed E-state index contributed by atoms with van der Waals surface area (Å²) in [5, 5.41) is 12.8. The lowest BCUT2D eigenvalue weighted by molar-refractivity contribution is -0.527. The quantitative estimate of drug-likeness (QED) is 0.277. The summed E-state index contributed by atoms with van der Waals surface area (Å²) in [6.45, 7) is 4.39. The molecule has 0 spiro atoms. The van der Waals surface area contributed by atoms with Gasteiger partial charge in [0, 0.05) is 34.5 Å². The smallest absolute Gasteiger partial charge is 0.310 e. The summed E-state index contributed by atoms with van der Waals surface area (Å²) >= 11 is 12.3. The molecule has 3 rings (SSSR count). The van der Waals surface area contributed by atoms with Crippen molar-refractivity contribution in [1.82, 2.24) is 4.90 Å². The van der Waals surface area contributed by atoms with E-state index in [9.17, 15) is 14.9 Å². The van der Waals surface area contributed by atoms with Gasteiger partial charge < -0.3 is 4.74 Å². The van der Waals surface area contributed by atoms with Crippen LogP contribution >= 0.6 is 23.2 Å². The van der Waals surface area contributed by atoms with Crippen molar-refractivity contribution in [3.8, 4) is 0 Å². The fourth-order valence-corrected chi connectivity index (χ4v) is 4.92. The van der Waals surface area contributed by atoms with E-state index in [0.717, 1.165) is 30.5 Å². The highest BCUT2D eigenvalue weighted by Gasteiger charge is 2.37. The molecule has 29 heavy (non-hydrogen) atoms. The number of halogens is 2. The number of carbonyl (C=O) groups excluding carboxylic acids is 1. The molecule has 1 heterocycles. The van der Waals surface area contributed by atoms with Crippen molar-refractivity contribution in [1.29, 1.82) is 0 Å². The first-order chi connectivity index (χ1) is 13.9. The van der Waals surface area contributed by atoms with E-state index in [2.05, 4.69) is 11.0 Å². The van der Waals surface area contributed by atoms with Crippen LogP contribution in [0.3, 0.4) is 0 Å². The van der Waals surface area contributed by atoms with Crippen LogP contribution in [0.1, 0.15) is 44.1 Å². The van der Waals surface area contributed by atoms with Gasteiger partial charge in [0.15, 0.2) is 0 Å². The van der Waals surface area contributed by atoms with Gasteiger partial charge in [-0.1, -0.05) is 40.9 Å². The van der Waals surface area contributed by atoms with Crippen molar-refractivity contribution >= 4 is 29.2 Å². The lowest BCUT2D eigenvalue weighted by atomic mass is 9.80. The van der Waals surface area contributed by atoms with Crippen molar-refractivity contribution in [3.63, 3.8) is 0 Å². The van der Waals surface area contributed by atoms with Gasteiger partial charge >= 0.3 is 5.97 Å². The zero-order valence-corrected chi connectivity index (χ0v) is 18.0. The van der Waals surface area contributed by atoms with Gasteiger partial charge in [-0.2, -0.15) is 0 Å². The predicted molar refractivity (Wildman–Crippen MR) is 113 cm³/mol. The standard InChI is InChI=1S/C21H26Cl2N2O4/c1-2-29-21(26)15-4-3-9-24(13-15)12-14-5-7-18(20(10-14)25(27)28)17-8-6-16(22)11-19(17)23/h5-6,8,11,15,18,20H,2-4,7,9-10,12-13H2,1H3/t15-,18-,20+/m0/s1. The zero-order valence-electron chi connectivity index (χ0n) is 16.5. The molecule has 1 fully saturated rings. The van der Waals surface area contributed by atoms with E-state index in [4.69, 9.17) is 27.9 Å². The molecule has 158 valence electrons. The van der Waals surface area contributed by atoms with E-state index in [1.54, 1.807) is 18.2 Å². The number of piperidine rings is 1. The van der Waals surface area contributed by atoms with Crippen LogP contribution in [0, 0.1) is 16.0 Å². The van der Waals surface area contributed by atoms with Crippen molar-refractivity contribution in [3.05, 3.63) is 55.6 Å². The number of carbonyl (C=O) groups is 1. The number of allylic oxidation sites excluding steroid dienone is 1. The molecule has 6 nitrogen and oxygen atoms in total. The number of esters is 1. The molecule has 0 N–H and O–H groups in total. The fourth-order valence-electron chi connectivity index (χ4n) is 4.37. The van der Waals surface area contributed by atoms with E-state index in [-0.39, 0.29) is 22.7 Å². The van der Waals surface area contributed by atoms with Crippen LogP contribution in [0.4, 0.5) is 0 Å². The summed E-state index contributed by atoms with van der Waals surface area (Å²) in [6.07, 6.45) is 4.82. The Balaban J connectivity index is 1.69. The second-order valence-electron chi connectivity index (χ2n) is 7.75. The van der Waals surface area contributed by atoms with E-state index in [1.807, 2.05) is 6.92 Å². The minimum absolute atomic E-state index is 0.111. The number of rotatable bonds is 6. The topological polar surface area (TPSA) is 72.7 Å². The maximum Gasteiger partial charge on any atom is 0.310 e. The van der Waals surface area contributed by atoms with Crippen molar-refractivity contribution in [2.24, 2.45) is 5.92 Å². The Bertz CT molecular complexity index is 799. The molecule has 0 saturated carbocycles. The first kappa shape index (κ1) is 22.1. The number of hydrogen-bond acceptors (Lipinski definition) is 5. The number of hydrogen-bond donors (Lipinski definition) is 0. The van der Waals surface area contributed by atoms with Crippen LogP contribution in [0.5, 0.6) is 0 Å². The molecule has 0 unspecified atom stereocenters. The molecular formula is C21H26Cl2N2O4.